The lowest BCUT2D eigenvalue weighted by atomic mass is 10.0. The van der Waals surface area contributed by atoms with Gasteiger partial charge in [-0.3, -0.25) is 0 Å². The normalized spacial score (nSPS) is 35.6. The van der Waals surface area contributed by atoms with Gasteiger partial charge in [0, 0.05) is 13.2 Å². The predicted octanol–water partition coefficient (Wildman–Crippen LogP) is 4.73. The molecule has 14 heavy (non-hydrogen) atoms. The van der Waals surface area contributed by atoms with E-state index >= 15 is 0 Å². The van der Waals surface area contributed by atoms with Crippen molar-refractivity contribution in [2.45, 2.75) is 50.0 Å². The van der Waals surface area contributed by atoms with Crippen molar-refractivity contribution in [2.24, 2.45) is 5.92 Å². The molecule has 2 aliphatic heterocycles. The van der Waals surface area contributed by atoms with Gasteiger partial charge >= 0.3 is 0 Å². The van der Waals surface area contributed by atoms with Crippen molar-refractivity contribution in [3.05, 3.63) is 0 Å². The van der Waals surface area contributed by atoms with Crippen LogP contribution < -0.4 is 0 Å². The molecule has 2 rings (SSSR count). The second-order valence-corrected chi connectivity index (χ2v) is 11.2. The fourth-order valence-corrected chi connectivity index (χ4v) is 10.8. The Labute approximate surface area is 97.7 Å². The molecule has 0 N–H and O–H groups in total. The molecule has 0 radical (unpaired) electrons. The standard InChI is InChI=1S/C12H23BrP/c1-2-3-6-11-7-10-14(12(11)13)8-4-5-9-14/h11-12H,2-10H2,1H3/q+1. The number of hydrogen-bond acceptors (Lipinski definition) is 0. The van der Waals surface area contributed by atoms with Gasteiger partial charge in [-0.2, -0.15) is 0 Å². The van der Waals surface area contributed by atoms with Gasteiger partial charge in [-0.15, -0.1) is 0 Å². The first kappa shape index (κ1) is 11.4. The third-order valence-corrected chi connectivity index (χ3v) is 12.6. The first-order valence-corrected chi connectivity index (χ1v) is 9.61. The van der Waals surface area contributed by atoms with E-state index in [4.69, 9.17) is 0 Å². The van der Waals surface area contributed by atoms with Gasteiger partial charge in [-0.1, -0.05) is 19.8 Å². The zero-order valence-corrected chi connectivity index (χ0v) is 11.8. The van der Waals surface area contributed by atoms with Gasteiger partial charge in [0.15, 0.2) is 0 Å². The van der Waals surface area contributed by atoms with Crippen LogP contribution >= 0.6 is 23.2 Å². The number of halogens is 1. The predicted molar refractivity (Wildman–Crippen MR) is 71.1 cm³/mol. The van der Waals surface area contributed by atoms with E-state index in [-0.39, 0.29) is 0 Å². The van der Waals surface area contributed by atoms with Crippen LogP contribution in [0.5, 0.6) is 0 Å². The molecule has 0 aromatic heterocycles. The van der Waals surface area contributed by atoms with E-state index in [2.05, 4.69) is 22.9 Å². The molecule has 2 fully saturated rings. The van der Waals surface area contributed by atoms with Crippen LogP contribution in [0, 0.1) is 5.92 Å². The molecule has 2 aliphatic rings. The van der Waals surface area contributed by atoms with E-state index in [0.717, 1.165) is 10.5 Å². The number of rotatable bonds is 3. The summed E-state index contributed by atoms with van der Waals surface area (Å²) in [5.41, 5.74) is 0. The maximum absolute atomic E-state index is 4.07. The number of alkyl halides is 1. The topological polar surface area (TPSA) is 0 Å². The second kappa shape index (κ2) is 4.83. The van der Waals surface area contributed by atoms with E-state index in [9.17, 15) is 0 Å². The molecule has 2 heteroatoms. The fraction of sp³-hybridized carbons (Fsp3) is 1.00. The van der Waals surface area contributed by atoms with E-state index in [0.29, 0.717) is 0 Å². The summed E-state index contributed by atoms with van der Waals surface area (Å²) >= 11 is 4.07. The Hall–Kier alpha value is 0.910. The summed E-state index contributed by atoms with van der Waals surface area (Å²) in [4.78, 5) is 0. The molecule has 82 valence electrons. The Morgan fingerprint density at radius 3 is 2.57 bits per heavy atom. The Balaban J connectivity index is 1.92. The summed E-state index contributed by atoms with van der Waals surface area (Å²) in [6.45, 7) is 2.32. The molecule has 2 unspecified atom stereocenters. The molecule has 0 bridgehead atoms. The molecule has 0 aromatic rings. The van der Waals surface area contributed by atoms with Crippen molar-refractivity contribution in [3.8, 4) is 0 Å². The number of unbranched alkanes of at least 4 members (excludes halogenated alkanes) is 1. The molecule has 1 spiro atoms. The zero-order valence-electron chi connectivity index (χ0n) is 9.34. The summed E-state index contributed by atoms with van der Waals surface area (Å²) in [7, 11) is -0.468. The van der Waals surface area contributed by atoms with Gasteiger partial charge in [-0.25, -0.2) is 0 Å². The highest BCUT2D eigenvalue weighted by atomic mass is 79.9. The fourth-order valence-electron chi connectivity index (χ4n) is 3.31. The minimum Gasteiger partial charge on any atom is -0.0654 e. The third kappa shape index (κ3) is 2.05. The lowest BCUT2D eigenvalue weighted by Gasteiger charge is -2.22. The molecular weight excluding hydrogens is 255 g/mol. The highest BCUT2D eigenvalue weighted by molar-refractivity contribution is 9.11. The monoisotopic (exact) mass is 277 g/mol. The van der Waals surface area contributed by atoms with Gasteiger partial charge in [0.25, 0.3) is 0 Å². The molecule has 0 aromatic carbocycles. The van der Waals surface area contributed by atoms with E-state index in [1.54, 1.807) is 24.9 Å². The summed E-state index contributed by atoms with van der Waals surface area (Å²) in [5.74, 6) is 1.04. The van der Waals surface area contributed by atoms with Crippen LogP contribution in [0.1, 0.15) is 45.4 Å². The van der Waals surface area contributed by atoms with E-state index in [1.165, 1.54) is 32.1 Å². The lowest BCUT2D eigenvalue weighted by Crippen LogP contribution is -2.11. The minimum absolute atomic E-state index is 0.468. The molecular formula is C12H23BrP+. The molecule has 0 nitrogen and oxygen atoms in total. The quantitative estimate of drug-likeness (QED) is 0.517. The van der Waals surface area contributed by atoms with E-state index in [1.807, 2.05) is 0 Å². The van der Waals surface area contributed by atoms with Gasteiger partial charge in [0.1, 0.15) is 4.57 Å². The van der Waals surface area contributed by atoms with Crippen LogP contribution in [0.15, 0.2) is 0 Å². The SMILES string of the molecule is CCCCC1CC[P+]2(CCCC2)C1Br. The smallest absolute Gasteiger partial charge is 0.0654 e. The number of hydrogen-bond donors (Lipinski definition) is 0. The minimum atomic E-state index is -0.468. The van der Waals surface area contributed by atoms with Crippen molar-refractivity contribution in [2.75, 3.05) is 18.5 Å². The molecule has 0 saturated carbocycles. The molecule has 0 amide bonds. The second-order valence-electron chi connectivity index (χ2n) is 5.16. The van der Waals surface area contributed by atoms with Crippen LogP contribution in [0.25, 0.3) is 0 Å². The summed E-state index contributed by atoms with van der Waals surface area (Å²) in [6, 6.07) is 0. The summed E-state index contributed by atoms with van der Waals surface area (Å²) in [6.07, 6.45) is 13.8. The van der Waals surface area contributed by atoms with Crippen molar-refractivity contribution in [1.82, 2.24) is 0 Å². The highest BCUT2D eigenvalue weighted by Gasteiger charge is 2.54. The average Bonchev–Trinajstić information content (AvgIpc) is 2.77. The first-order chi connectivity index (χ1) is 6.78. The van der Waals surface area contributed by atoms with Gasteiger partial charge in [0.05, 0.1) is 18.5 Å². The Kier molecular flexibility index (Phi) is 3.93. The third-order valence-electron chi connectivity index (χ3n) is 4.24. The van der Waals surface area contributed by atoms with Gasteiger partial charge < -0.3 is 0 Å². The maximum Gasteiger partial charge on any atom is 0.126 e. The van der Waals surface area contributed by atoms with Crippen molar-refractivity contribution in [1.29, 1.82) is 0 Å². The maximum atomic E-state index is 4.07. The summed E-state index contributed by atoms with van der Waals surface area (Å²) in [5, 5.41) is 0. The molecule has 2 saturated heterocycles. The molecule has 2 atom stereocenters. The van der Waals surface area contributed by atoms with E-state index < -0.39 is 7.26 Å². The van der Waals surface area contributed by atoms with Crippen molar-refractivity contribution in [3.63, 3.8) is 0 Å². The van der Waals surface area contributed by atoms with Crippen LogP contribution in [-0.4, -0.2) is 23.1 Å². The first-order valence-electron chi connectivity index (χ1n) is 6.28. The lowest BCUT2D eigenvalue weighted by molar-refractivity contribution is 0.506. The van der Waals surface area contributed by atoms with Crippen molar-refractivity contribution < 1.29 is 0 Å². The Morgan fingerprint density at radius 1 is 1.21 bits per heavy atom. The van der Waals surface area contributed by atoms with Crippen LogP contribution in [0.3, 0.4) is 0 Å². The molecule has 0 aliphatic carbocycles. The van der Waals surface area contributed by atoms with Crippen molar-refractivity contribution >= 4 is 23.2 Å². The van der Waals surface area contributed by atoms with Crippen LogP contribution in [-0.2, 0) is 0 Å². The largest absolute Gasteiger partial charge is 0.126 e. The Morgan fingerprint density at radius 2 is 1.93 bits per heavy atom. The van der Waals surface area contributed by atoms with Crippen LogP contribution in [0.2, 0.25) is 0 Å². The van der Waals surface area contributed by atoms with Gasteiger partial charge in [-0.05, 0) is 41.6 Å². The van der Waals surface area contributed by atoms with Crippen LogP contribution in [0.4, 0.5) is 0 Å². The zero-order chi connectivity index (χ0) is 10.0. The summed E-state index contributed by atoms with van der Waals surface area (Å²) < 4.78 is 0.962. The Bertz CT molecular complexity index is 187. The highest BCUT2D eigenvalue weighted by Crippen LogP contribution is 2.75. The molecule has 2 heterocycles. The average molecular weight is 278 g/mol. The van der Waals surface area contributed by atoms with Gasteiger partial charge in [0.2, 0.25) is 0 Å².